The van der Waals surface area contributed by atoms with E-state index in [2.05, 4.69) is 15.5 Å². The minimum atomic E-state index is -4.66. The zero-order valence-corrected chi connectivity index (χ0v) is 20.2. The molecule has 0 aliphatic carbocycles. The number of nitrogens with zero attached hydrogens (tertiary/aromatic N) is 3. The Labute approximate surface area is 203 Å². The van der Waals surface area contributed by atoms with E-state index in [-0.39, 0.29) is 22.5 Å². The summed E-state index contributed by atoms with van der Waals surface area (Å²) >= 11 is 12.8. The summed E-state index contributed by atoms with van der Waals surface area (Å²) in [6, 6.07) is 10.2. The predicted octanol–water partition coefficient (Wildman–Crippen LogP) is 4.53. The maximum atomic E-state index is 13.3. The number of hydrogen-bond donors (Lipinski definition) is 2. The maximum absolute atomic E-state index is 13.3. The number of benzene rings is 2. The highest BCUT2D eigenvalue weighted by molar-refractivity contribution is 7.99. The molecule has 3 rings (SSSR count). The molecule has 1 heterocycles. The van der Waals surface area contributed by atoms with Crippen molar-refractivity contribution in [1.82, 2.24) is 14.8 Å². The van der Waals surface area contributed by atoms with Gasteiger partial charge in [0.1, 0.15) is 6.04 Å². The van der Waals surface area contributed by atoms with Crippen molar-refractivity contribution in [2.75, 3.05) is 25.2 Å². The van der Waals surface area contributed by atoms with Crippen LogP contribution in [-0.4, -0.2) is 40.5 Å². The summed E-state index contributed by atoms with van der Waals surface area (Å²) in [6.45, 7) is 1.99. The van der Waals surface area contributed by atoms with Crippen molar-refractivity contribution in [1.29, 1.82) is 0 Å². The van der Waals surface area contributed by atoms with Crippen LogP contribution in [0.2, 0.25) is 10.0 Å². The second-order valence-corrected chi connectivity index (χ2v) is 9.29. The Hall–Kier alpha value is -2.27. The van der Waals surface area contributed by atoms with E-state index < -0.39 is 17.6 Å². The first-order chi connectivity index (χ1) is 15.5. The van der Waals surface area contributed by atoms with Gasteiger partial charge in [0.25, 0.3) is 0 Å². The first-order valence-electron chi connectivity index (χ1n) is 9.78. The molecule has 0 saturated carbocycles. The van der Waals surface area contributed by atoms with Gasteiger partial charge >= 0.3 is 6.18 Å². The number of thioether (sulfide) groups is 1. The highest BCUT2D eigenvalue weighted by Gasteiger charge is 2.34. The van der Waals surface area contributed by atoms with E-state index in [1.165, 1.54) is 6.07 Å². The van der Waals surface area contributed by atoms with Gasteiger partial charge in [-0.15, -0.1) is 10.2 Å². The van der Waals surface area contributed by atoms with E-state index in [9.17, 15) is 18.0 Å². The summed E-state index contributed by atoms with van der Waals surface area (Å²) in [5, 5.41) is 11.8. The normalized spacial score (nSPS) is 12.8. The van der Waals surface area contributed by atoms with Crippen LogP contribution in [0.5, 0.6) is 0 Å². The van der Waals surface area contributed by atoms with Gasteiger partial charge in [-0.3, -0.25) is 9.36 Å². The van der Waals surface area contributed by atoms with Crippen molar-refractivity contribution < 1.29 is 22.9 Å². The van der Waals surface area contributed by atoms with Crippen LogP contribution in [0.4, 0.5) is 18.9 Å². The van der Waals surface area contributed by atoms with E-state index in [1.54, 1.807) is 24.3 Å². The van der Waals surface area contributed by atoms with Crippen molar-refractivity contribution in [2.45, 2.75) is 24.3 Å². The monoisotopic (exact) mass is 518 g/mol. The van der Waals surface area contributed by atoms with E-state index in [0.717, 1.165) is 34.5 Å². The molecule has 2 aromatic carbocycles. The maximum Gasteiger partial charge on any atom is 0.418 e. The lowest BCUT2D eigenvalue weighted by Crippen LogP contribution is -3.05. The number of aromatic nitrogens is 3. The Bertz CT molecular complexity index is 1140. The number of carbonyl (C=O) groups excluding carboxylic acids is 1. The second-order valence-electron chi connectivity index (χ2n) is 7.48. The highest BCUT2D eigenvalue weighted by Crippen LogP contribution is 2.36. The third-order valence-corrected chi connectivity index (χ3v) is 6.31. The molecule has 1 amide bonds. The molecule has 0 saturated heterocycles. The summed E-state index contributed by atoms with van der Waals surface area (Å²) in [7, 11) is 3.96. The van der Waals surface area contributed by atoms with Crippen LogP contribution >= 0.6 is 35.0 Å². The molecule has 1 aromatic heterocycles. The van der Waals surface area contributed by atoms with Crippen molar-refractivity contribution in [3.05, 3.63) is 63.9 Å². The molecule has 0 spiro atoms. The largest absolute Gasteiger partial charge is 0.418 e. The van der Waals surface area contributed by atoms with Gasteiger partial charge in [-0.05, 0) is 49.4 Å². The Balaban J connectivity index is 1.83. The first-order valence-corrected chi connectivity index (χ1v) is 11.5. The SMILES string of the molecule is C[C@H](c1nnc(SCC(=O)Nc2ccc(Cl)cc2C(F)(F)F)n1-c1ccc(Cl)cc1)[NH+](C)C. The molecule has 6 nitrogen and oxygen atoms in total. The summed E-state index contributed by atoms with van der Waals surface area (Å²) in [6.07, 6.45) is -4.66. The lowest BCUT2D eigenvalue weighted by Gasteiger charge is -2.18. The molecule has 0 bridgehead atoms. The van der Waals surface area contributed by atoms with E-state index in [0.29, 0.717) is 16.0 Å². The lowest BCUT2D eigenvalue weighted by atomic mass is 10.1. The highest BCUT2D eigenvalue weighted by atomic mass is 35.5. The number of rotatable bonds is 7. The molecule has 3 aromatic rings. The molecular formula is C21H21Cl2F3N5OS+. The molecule has 2 N–H and O–H groups in total. The van der Waals surface area contributed by atoms with E-state index >= 15 is 0 Å². The fraction of sp³-hybridized carbons (Fsp3) is 0.286. The standard InChI is InChI=1S/C21H20Cl2F3N5OS/c1-12(30(2)3)19-28-29-20(31(19)15-7-4-13(22)5-8-15)33-11-18(32)27-17-9-6-14(23)10-16(17)21(24,25)26/h4-10,12H,11H2,1-3H3,(H,27,32)/p+1/t12-/m1/s1. The number of nitrogens with one attached hydrogen (secondary N) is 2. The van der Waals surface area contributed by atoms with Crippen LogP contribution in [0.25, 0.3) is 5.69 Å². The van der Waals surface area contributed by atoms with Crippen LogP contribution in [0.1, 0.15) is 24.4 Å². The predicted molar refractivity (Wildman–Crippen MR) is 123 cm³/mol. The van der Waals surface area contributed by atoms with Gasteiger partial charge in [0.15, 0.2) is 11.0 Å². The Morgan fingerprint density at radius 3 is 2.36 bits per heavy atom. The van der Waals surface area contributed by atoms with Crippen LogP contribution in [0.15, 0.2) is 47.6 Å². The van der Waals surface area contributed by atoms with Crippen molar-refractivity contribution in [3.63, 3.8) is 0 Å². The number of hydrogen-bond acceptors (Lipinski definition) is 4. The van der Waals surface area contributed by atoms with Gasteiger partial charge in [-0.2, -0.15) is 13.2 Å². The number of carbonyl (C=O) groups is 1. The smallest absolute Gasteiger partial charge is 0.331 e. The molecule has 176 valence electrons. The number of anilines is 1. The van der Waals surface area contributed by atoms with Crippen LogP contribution in [0.3, 0.4) is 0 Å². The summed E-state index contributed by atoms with van der Waals surface area (Å²) < 4.78 is 41.7. The summed E-state index contributed by atoms with van der Waals surface area (Å²) in [5.74, 6) is -0.113. The average Bonchev–Trinajstić information content (AvgIpc) is 3.16. The van der Waals surface area contributed by atoms with Gasteiger partial charge in [0.05, 0.1) is 31.1 Å². The molecule has 33 heavy (non-hydrogen) atoms. The Kier molecular flexibility index (Phi) is 7.94. The number of halogens is 5. The Morgan fingerprint density at radius 1 is 1.12 bits per heavy atom. The fourth-order valence-corrected chi connectivity index (χ4v) is 3.98. The van der Waals surface area contributed by atoms with Gasteiger partial charge in [0, 0.05) is 15.7 Å². The van der Waals surface area contributed by atoms with Crippen LogP contribution in [-0.2, 0) is 11.0 Å². The van der Waals surface area contributed by atoms with Crippen molar-refractivity contribution >= 4 is 46.6 Å². The number of quaternary nitrogens is 1. The topological polar surface area (TPSA) is 64.2 Å². The number of alkyl halides is 3. The Morgan fingerprint density at radius 2 is 1.76 bits per heavy atom. The molecule has 0 fully saturated rings. The first kappa shape index (κ1) is 25.4. The molecule has 0 aliphatic heterocycles. The van der Waals surface area contributed by atoms with Crippen LogP contribution < -0.4 is 10.2 Å². The average molecular weight is 519 g/mol. The van der Waals surface area contributed by atoms with Gasteiger partial charge in [0.2, 0.25) is 5.91 Å². The van der Waals surface area contributed by atoms with Gasteiger partial charge < -0.3 is 10.2 Å². The zero-order valence-electron chi connectivity index (χ0n) is 17.9. The van der Waals surface area contributed by atoms with Gasteiger partial charge in [-0.25, -0.2) is 0 Å². The second kappa shape index (κ2) is 10.3. The molecule has 0 unspecified atom stereocenters. The third-order valence-electron chi connectivity index (χ3n) is 4.89. The zero-order chi connectivity index (χ0) is 24.3. The summed E-state index contributed by atoms with van der Waals surface area (Å²) in [4.78, 5) is 13.6. The molecule has 0 aliphatic rings. The van der Waals surface area contributed by atoms with Crippen LogP contribution in [0, 0.1) is 0 Å². The molecule has 1 atom stereocenters. The summed E-state index contributed by atoms with van der Waals surface area (Å²) in [5.41, 5.74) is -0.614. The quantitative estimate of drug-likeness (QED) is 0.451. The minimum Gasteiger partial charge on any atom is -0.331 e. The van der Waals surface area contributed by atoms with Gasteiger partial charge in [-0.1, -0.05) is 35.0 Å². The molecule has 12 heteroatoms. The van der Waals surface area contributed by atoms with E-state index in [1.807, 2.05) is 25.6 Å². The third kappa shape index (κ3) is 6.20. The lowest BCUT2D eigenvalue weighted by molar-refractivity contribution is -0.890. The number of amides is 1. The van der Waals surface area contributed by atoms with Crippen molar-refractivity contribution in [2.24, 2.45) is 0 Å². The molecule has 0 radical (unpaired) electrons. The minimum absolute atomic E-state index is 0.0141. The van der Waals surface area contributed by atoms with E-state index in [4.69, 9.17) is 23.2 Å². The fourth-order valence-electron chi connectivity index (χ4n) is 2.92. The molecular weight excluding hydrogens is 498 g/mol. The van der Waals surface area contributed by atoms with Crippen molar-refractivity contribution in [3.8, 4) is 5.69 Å².